The van der Waals surface area contributed by atoms with Crippen LogP contribution < -0.4 is 5.32 Å². The summed E-state index contributed by atoms with van der Waals surface area (Å²) >= 11 is 1.68. The third-order valence-corrected chi connectivity index (χ3v) is 3.94. The Morgan fingerprint density at radius 2 is 2.17 bits per heavy atom. The zero-order valence-corrected chi connectivity index (χ0v) is 11.7. The first kappa shape index (κ1) is 13.5. The van der Waals surface area contributed by atoms with Crippen molar-refractivity contribution in [1.29, 1.82) is 0 Å². The van der Waals surface area contributed by atoms with Crippen LogP contribution >= 0.6 is 11.3 Å². The van der Waals surface area contributed by atoms with Gasteiger partial charge < -0.3 is 9.64 Å². The highest BCUT2D eigenvalue weighted by atomic mass is 32.1. The Morgan fingerprint density at radius 3 is 2.78 bits per heavy atom. The molecule has 2 unspecified atom stereocenters. The molecule has 0 aliphatic carbocycles. The van der Waals surface area contributed by atoms with Crippen molar-refractivity contribution in [3.8, 4) is 0 Å². The number of thiophene rings is 1. The van der Waals surface area contributed by atoms with Crippen LogP contribution in [-0.2, 0) is 9.53 Å². The predicted octanol–water partition coefficient (Wildman–Crippen LogP) is 1.65. The number of hydrogen-bond acceptors (Lipinski definition) is 4. The van der Waals surface area contributed by atoms with E-state index in [1.54, 1.807) is 11.3 Å². The maximum absolute atomic E-state index is 12.2. The Kier molecular flexibility index (Phi) is 4.74. The fourth-order valence-corrected chi connectivity index (χ4v) is 2.88. The highest BCUT2D eigenvalue weighted by Crippen LogP contribution is 2.16. The summed E-state index contributed by atoms with van der Waals surface area (Å²) in [6.45, 7) is 6.73. The molecule has 0 radical (unpaired) electrons. The van der Waals surface area contributed by atoms with Gasteiger partial charge in [0.25, 0.3) is 0 Å². The molecule has 0 aromatic carbocycles. The van der Waals surface area contributed by atoms with Gasteiger partial charge in [0.2, 0.25) is 5.91 Å². The van der Waals surface area contributed by atoms with Gasteiger partial charge in [-0.15, -0.1) is 0 Å². The smallest absolute Gasteiger partial charge is 0.239 e. The molecule has 1 saturated heterocycles. The number of ether oxygens (including phenoxy) is 1. The van der Waals surface area contributed by atoms with Gasteiger partial charge in [-0.1, -0.05) is 0 Å². The molecule has 4 nitrogen and oxygen atoms in total. The number of rotatable bonds is 4. The average molecular weight is 268 g/mol. The van der Waals surface area contributed by atoms with Crippen LogP contribution in [-0.4, -0.2) is 43.2 Å². The van der Waals surface area contributed by atoms with Gasteiger partial charge in [-0.2, -0.15) is 11.3 Å². The second-order valence-electron chi connectivity index (χ2n) is 4.60. The third kappa shape index (κ3) is 3.31. The van der Waals surface area contributed by atoms with E-state index in [1.165, 1.54) is 5.56 Å². The normalized spacial score (nSPS) is 19.6. The number of nitrogens with one attached hydrogen (secondary N) is 1. The first-order valence-electron chi connectivity index (χ1n) is 6.33. The Balaban J connectivity index is 1.86. The SMILES string of the molecule is CC(NC(C)c1ccsc1)C(=O)N1CCOCC1. The summed E-state index contributed by atoms with van der Waals surface area (Å²) in [5, 5.41) is 7.53. The second kappa shape index (κ2) is 6.31. The van der Waals surface area contributed by atoms with Crippen LogP contribution in [0.3, 0.4) is 0 Å². The molecule has 1 aromatic heterocycles. The number of amides is 1. The molecular formula is C13H20N2O2S. The zero-order chi connectivity index (χ0) is 13.0. The molecule has 1 amide bonds. The molecule has 0 saturated carbocycles. The van der Waals surface area contributed by atoms with Crippen molar-refractivity contribution in [2.24, 2.45) is 0 Å². The molecule has 0 spiro atoms. The van der Waals surface area contributed by atoms with E-state index in [0.29, 0.717) is 26.3 Å². The highest BCUT2D eigenvalue weighted by Gasteiger charge is 2.23. The Hall–Kier alpha value is -0.910. The number of nitrogens with zero attached hydrogens (tertiary/aromatic N) is 1. The average Bonchev–Trinajstić information content (AvgIpc) is 2.92. The van der Waals surface area contributed by atoms with Gasteiger partial charge in [0.1, 0.15) is 0 Å². The number of morpholine rings is 1. The first-order valence-corrected chi connectivity index (χ1v) is 7.27. The van der Waals surface area contributed by atoms with Crippen molar-refractivity contribution in [3.05, 3.63) is 22.4 Å². The number of hydrogen-bond donors (Lipinski definition) is 1. The molecule has 1 aromatic rings. The van der Waals surface area contributed by atoms with Crippen LogP contribution in [0.2, 0.25) is 0 Å². The summed E-state index contributed by atoms with van der Waals surface area (Å²) in [5.74, 6) is 0.167. The maximum Gasteiger partial charge on any atom is 0.239 e. The molecular weight excluding hydrogens is 248 g/mol. The van der Waals surface area contributed by atoms with Crippen LogP contribution in [0.25, 0.3) is 0 Å². The van der Waals surface area contributed by atoms with Gasteiger partial charge in [-0.05, 0) is 36.2 Å². The lowest BCUT2D eigenvalue weighted by atomic mass is 10.1. The van der Waals surface area contributed by atoms with Gasteiger partial charge in [-0.25, -0.2) is 0 Å². The van der Waals surface area contributed by atoms with Crippen LogP contribution in [0, 0.1) is 0 Å². The molecule has 1 N–H and O–H groups in total. The van der Waals surface area contributed by atoms with Crippen LogP contribution in [0.5, 0.6) is 0 Å². The van der Waals surface area contributed by atoms with E-state index in [9.17, 15) is 4.79 Å². The lowest BCUT2D eigenvalue weighted by Crippen LogP contribution is -2.49. The zero-order valence-electron chi connectivity index (χ0n) is 10.9. The lowest BCUT2D eigenvalue weighted by Gasteiger charge is -2.30. The summed E-state index contributed by atoms with van der Waals surface area (Å²) < 4.78 is 5.26. The van der Waals surface area contributed by atoms with E-state index in [1.807, 2.05) is 11.8 Å². The van der Waals surface area contributed by atoms with E-state index in [-0.39, 0.29) is 18.0 Å². The van der Waals surface area contributed by atoms with Crippen molar-refractivity contribution in [2.45, 2.75) is 25.9 Å². The van der Waals surface area contributed by atoms with Crippen molar-refractivity contribution in [2.75, 3.05) is 26.3 Å². The molecule has 1 fully saturated rings. The molecule has 0 bridgehead atoms. The Labute approximate surface area is 112 Å². The fraction of sp³-hybridized carbons (Fsp3) is 0.615. The molecule has 1 aliphatic heterocycles. The van der Waals surface area contributed by atoms with E-state index in [0.717, 1.165) is 0 Å². The van der Waals surface area contributed by atoms with Gasteiger partial charge in [0.05, 0.1) is 19.3 Å². The monoisotopic (exact) mass is 268 g/mol. The minimum atomic E-state index is -0.155. The number of carbonyl (C=O) groups excluding carboxylic acids is 1. The number of carbonyl (C=O) groups is 1. The van der Waals surface area contributed by atoms with E-state index in [2.05, 4.69) is 29.1 Å². The molecule has 2 heterocycles. The van der Waals surface area contributed by atoms with Gasteiger partial charge in [0.15, 0.2) is 0 Å². The first-order chi connectivity index (χ1) is 8.68. The highest BCUT2D eigenvalue weighted by molar-refractivity contribution is 7.07. The molecule has 18 heavy (non-hydrogen) atoms. The summed E-state index contributed by atoms with van der Waals surface area (Å²) in [4.78, 5) is 14.1. The van der Waals surface area contributed by atoms with Crippen LogP contribution in [0.1, 0.15) is 25.5 Å². The van der Waals surface area contributed by atoms with Crippen LogP contribution in [0.4, 0.5) is 0 Å². The van der Waals surface area contributed by atoms with E-state index >= 15 is 0 Å². The quantitative estimate of drug-likeness (QED) is 0.902. The molecule has 1 aliphatic rings. The van der Waals surface area contributed by atoms with Gasteiger partial charge in [0, 0.05) is 19.1 Å². The van der Waals surface area contributed by atoms with Gasteiger partial charge >= 0.3 is 0 Å². The van der Waals surface area contributed by atoms with Crippen molar-refractivity contribution >= 4 is 17.2 Å². The van der Waals surface area contributed by atoms with Gasteiger partial charge in [-0.3, -0.25) is 10.1 Å². The van der Waals surface area contributed by atoms with Crippen LogP contribution in [0.15, 0.2) is 16.8 Å². The van der Waals surface area contributed by atoms with Crippen molar-refractivity contribution < 1.29 is 9.53 Å². The summed E-state index contributed by atoms with van der Waals surface area (Å²) in [5.41, 5.74) is 1.24. The molecule has 2 rings (SSSR count). The molecule has 5 heteroatoms. The lowest BCUT2D eigenvalue weighted by molar-refractivity contribution is -0.137. The standard InChI is InChI=1S/C13H20N2O2S/c1-10(12-3-8-18-9-12)14-11(2)13(16)15-4-6-17-7-5-15/h3,8-11,14H,4-7H2,1-2H3. The fourth-order valence-electron chi connectivity index (χ4n) is 2.12. The topological polar surface area (TPSA) is 41.6 Å². The summed E-state index contributed by atoms with van der Waals surface area (Å²) in [7, 11) is 0. The Bertz CT molecular complexity index is 374. The third-order valence-electron chi connectivity index (χ3n) is 3.24. The summed E-state index contributed by atoms with van der Waals surface area (Å²) in [6.07, 6.45) is 0. The largest absolute Gasteiger partial charge is 0.378 e. The second-order valence-corrected chi connectivity index (χ2v) is 5.38. The Morgan fingerprint density at radius 1 is 1.44 bits per heavy atom. The minimum absolute atomic E-state index is 0.155. The minimum Gasteiger partial charge on any atom is -0.378 e. The summed E-state index contributed by atoms with van der Waals surface area (Å²) in [6, 6.07) is 2.14. The maximum atomic E-state index is 12.2. The predicted molar refractivity (Wildman–Crippen MR) is 72.7 cm³/mol. The van der Waals surface area contributed by atoms with Crippen molar-refractivity contribution in [1.82, 2.24) is 10.2 Å². The molecule has 100 valence electrons. The van der Waals surface area contributed by atoms with Crippen molar-refractivity contribution in [3.63, 3.8) is 0 Å². The molecule has 2 atom stereocenters. The van der Waals surface area contributed by atoms with E-state index in [4.69, 9.17) is 4.74 Å². The van der Waals surface area contributed by atoms with E-state index < -0.39 is 0 Å².